The van der Waals surface area contributed by atoms with Crippen LogP contribution in [0.25, 0.3) is 0 Å². The SMILES string of the molecule is NC(CC1(CNCCc2ncon2)CC1)=NO. The minimum atomic E-state index is 0.188. The van der Waals surface area contributed by atoms with Gasteiger partial charge in [0.25, 0.3) is 0 Å². The van der Waals surface area contributed by atoms with Gasteiger partial charge >= 0.3 is 0 Å². The first kappa shape index (κ1) is 11.8. The Morgan fingerprint density at radius 1 is 1.65 bits per heavy atom. The van der Waals surface area contributed by atoms with Crippen LogP contribution in [0.15, 0.2) is 16.1 Å². The molecule has 1 saturated carbocycles. The summed E-state index contributed by atoms with van der Waals surface area (Å²) in [6.07, 6.45) is 4.97. The Balaban J connectivity index is 1.65. The second-order valence-corrected chi connectivity index (χ2v) is 4.54. The van der Waals surface area contributed by atoms with Gasteiger partial charge in [-0.2, -0.15) is 4.98 Å². The lowest BCUT2D eigenvalue weighted by Gasteiger charge is -2.14. The number of amidine groups is 1. The normalized spacial score (nSPS) is 18.2. The summed E-state index contributed by atoms with van der Waals surface area (Å²) in [4.78, 5) is 3.94. The minimum absolute atomic E-state index is 0.188. The number of nitrogens with zero attached hydrogens (tertiary/aromatic N) is 3. The van der Waals surface area contributed by atoms with Crippen LogP contribution in [0.1, 0.15) is 25.1 Å². The molecule has 0 aliphatic heterocycles. The van der Waals surface area contributed by atoms with E-state index >= 15 is 0 Å². The smallest absolute Gasteiger partial charge is 0.213 e. The van der Waals surface area contributed by atoms with E-state index < -0.39 is 0 Å². The molecule has 1 aromatic rings. The number of aromatic nitrogens is 2. The summed E-state index contributed by atoms with van der Waals surface area (Å²) in [5.74, 6) is 1.02. The number of rotatable bonds is 7. The molecule has 1 aliphatic rings. The van der Waals surface area contributed by atoms with Crippen molar-refractivity contribution in [2.45, 2.75) is 25.7 Å². The maximum Gasteiger partial charge on any atom is 0.213 e. The fourth-order valence-electron chi connectivity index (χ4n) is 1.87. The van der Waals surface area contributed by atoms with Gasteiger partial charge in [-0.15, -0.1) is 0 Å². The Labute approximate surface area is 99.1 Å². The molecule has 1 aromatic heterocycles. The van der Waals surface area contributed by atoms with Gasteiger partial charge in [-0.1, -0.05) is 10.3 Å². The van der Waals surface area contributed by atoms with Gasteiger partial charge in [-0.05, 0) is 18.3 Å². The van der Waals surface area contributed by atoms with E-state index in [1.54, 1.807) is 0 Å². The number of nitrogens with one attached hydrogen (secondary N) is 1. The highest BCUT2D eigenvalue weighted by molar-refractivity contribution is 5.80. The lowest BCUT2D eigenvalue weighted by atomic mass is 10.0. The molecule has 94 valence electrons. The number of oxime groups is 1. The Bertz CT molecular complexity index is 372. The van der Waals surface area contributed by atoms with E-state index in [0.717, 1.165) is 32.4 Å². The fraction of sp³-hybridized carbons (Fsp3) is 0.700. The van der Waals surface area contributed by atoms with Crippen molar-refractivity contribution in [2.75, 3.05) is 13.1 Å². The molecule has 1 aliphatic carbocycles. The zero-order valence-corrected chi connectivity index (χ0v) is 9.59. The van der Waals surface area contributed by atoms with Gasteiger partial charge < -0.3 is 20.8 Å². The van der Waals surface area contributed by atoms with Crippen molar-refractivity contribution >= 4 is 5.84 Å². The van der Waals surface area contributed by atoms with E-state index in [0.29, 0.717) is 18.1 Å². The van der Waals surface area contributed by atoms with Crippen LogP contribution in [-0.2, 0) is 6.42 Å². The third-order valence-corrected chi connectivity index (χ3v) is 3.07. The zero-order valence-electron chi connectivity index (χ0n) is 9.59. The van der Waals surface area contributed by atoms with Crippen molar-refractivity contribution in [3.63, 3.8) is 0 Å². The Kier molecular flexibility index (Phi) is 3.58. The molecular formula is C10H17N5O2. The molecule has 7 heteroatoms. The lowest BCUT2D eigenvalue weighted by molar-refractivity contribution is 0.314. The first-order valence-electron chi connectivity index (χ1n) is 5.66. The highest BCUT2D eigenvalue weighted by Crippen LogP contribution is 2.48. The molecule has 0 spiro atoms. The standard InChI is InChI=1S/C10H17N5O2/c11-8(14-16)5-10(2-3-10)6-12-4-1-9-13-7-17-15-9/h7,12,16H,1-6H2,(H2,11,14). The van der Waals surface area contributed by atoms with Crippen molar-refractivity contribution in [3.8, 4) is 0 Å². The van der Waals surface area contributed by atoms with Crippen LogP contribution in [0.5, 0.6) is 0 Å². The van der Waals surface area contributed by atoms with E-state index in [9.17, 15) is 0 Å². The number of nitrogens with two attached hydrogens (primary N) is 1. The van der Waals surface area contributed by atoms with Gasteiger partial charge in [0.15, 0.2) is 5.82 Å². The van der Waals surface area contributed by atoms with Gasteiger partial charge in [0, 0.05) is 25.9 Å². The van der Waals surface area contributed by atoms with Crippen LogP contribution in [0.3, 0.4) is 0 Å². The van der Waals surface area contributed by atoms with Gasteiger partial charge in [-0.25, -0.2) is 0 Å². The average Bonchev–Trinajstić information content (AvgIpc) is 2.89. The molecule has 7 nitrogen and oxygen atoms in total. The molecule has 0 aromatic carbocycles. The molecule has 4 N–H and O–H groups in total. The van der Waals surface area contributed by atoms with Gasteiger partial charge in [-0.3, -0.25) is 0 Å². The van der Waals surface area contributed by atoms with Crippen molar-refractivity contribution in [2.24, 2.45) is 16.3 Å². The van der Waals surface area contributed by atoms with Crippen LogP contribution < -0.4 is 11.1 Å². The summed E-state index contributed by atoms with van der Waals surface area (Å²) >= 11 is 0. The van der Waals surface area contributed by atoms with Crippen LogP contribution in [0.2, 0.25) is 0 Å². The topological polar surface area (TPSA) is 110 Å². The van der Waals surface area contributed by atoms with Crippen molar-refractivity contribution in [1.82, 2.24) is 15.5 Å². The number of hydrogen-bond acceptors (Lipinski definition) is 6. The van der Waals surface area contributed by atoms with Crippen molar-refractivity contribution < 1.29 is 9.73 Å². The summed E-state index contributed by atoms with van der Waals surface area (Å²) in [6.45, 7) is 1.68. The van der Waals surface area contributed by atoms with Gasteiger partial charge in [0.1, 0.15) is 5.84 Å². The van der Waals surface area contributed by atoms with Crippen LogP contribution in [0.4, 0.5) is 0 Å². The van der Waals surface area contributed by atoms with E-state index in [4.69, 9.17) is 10.9 Å². The van der Waals surface area contributed by atoms with Crippen LogP contribution >= 0.6 is 0 Å². The predicted molar refractivity (Wildman–Crippen MR) is 60.6 cm³/mol. The van der Waals surface area contributed by atoms with Crippen LogP contribution in [0, 0.1) is 5.41 Å². The maximum atomic E-state index is 8.54. The number of hydrogen-bond donors (Lipinski definition) is 3. The molecule has 0 amide bonds. The molecule has 1 heterocycles. The fourth-order valence-corrected chi connectivity index (χ4v) is 1.87. The predicted octanol–water partition coefficient (Wildman–Crippen LogP) is 0.118. The Hall–Kier alpha value is -1.63. The summed E-state index contributed by atoms with van der Waals surface area (Å²) < 4.78 is 4.64. The summed E-state index contributed by atoms with van der Waals surface area (Å²) in [7, 11) is 0. The summed E-state index contributed by atoms with van der Waals surface area (Å²) in [5, 5.41) is 18.6. The van der Waals surface area contributed by atoms with Crippen molar-refractivity contribution in [1.29, 1.82) is 0 Å². The molecule has 0 radical (unpaired) electrons. The molecule has 17 heavy (non-hydrogen) atoms. The lowest BCUT2D eigenvalue weighted by Crippen LogP contribution is -2.29. The molecule has 1 fully saturated rings. The molecule has 0 bridgehead atoms. The first-order chi connectivity index (χ1) is 8.24. The largest absolute Gasteiger partial charge is 0.409 e. The van der Waals surface area contributed by atoms with E-state index in [2.05, 4.69) is 25.1 Å². The van der Waals surface area contributed by atoms with E-state index in [1.807, 2.05) is 0 Å². The Morgan fingerprint density at radius 3 is 3.06 bits per heavy atom. The average molecular weight is 239 g/mol. The van der Waals surface area contributed by atoms with Crippen molar-refractivity contribution in [3.05, 3.63) is 12.2 Å². The summed E-state index contributed by atoms with van der Waals surface area (Å²) in [6, 6.07) is 0. The monoisotopic (exact) mass is 239 g/mol. The molecule has 0 unspecified atom stereocenters. The summed E-state index contributed by atoms with van der Waals surface area (Å²) in [5.41, 5.74) is 5.71. The second-order valence-electron chi connectivity index (χ2n) is 4.54. The quantitative estimate of drug-likeness (QED) is 0.205. The van der Waals surface area contributed by atoms with E-state index in [-0.39, 0.29) is 5.41 Å². The molecule has 2 rings (SSSR count). The Morgan fingerprint density at radius 2 is 2.47 bits per heavy atom. The third-order valence-electron chi connectivity index (χ3n) is 3.07. The highest BCUT2D eigenvalue weighted by Gasteiger charge is 2.42. The third kappa shape index (κ3) is 3.42. The van der Waals surface area contributed by atoms with Crippen LogP contribution in [-0.4, -0.2) is 34.3 Å². The maximum absolute atomic E-state index is 8.54. The van der Waals surface area contributed by atoms with Gasteiger partial charge in [0.2, 0.25) is 6.39 Å². The molecule has 0 saturated heterocycles. The second kappa shape index (κ2) is 5.13. The molecular weight excluding hydrogens is 222 g/mol. The van der Waals surface area contributed by atoms with E-state index in [1.165, 1.54) is 6.39 Å². The highest BCUT2D eigenvalue weighted by atomic mass is 16.5. The zero-order chi connectivity index (χ0) is 12.1. The van der Waals surface area contributed by atoms with Gasteiger partial charge in [0.05, 0.1) is 0 Å². The minimum Gasteiger partial charge on any atom is -0.409 e. The first-order valence-corrected chi connectivity index (χ1v) is 5.66. The molecule has 0 atom stereocenters.